The fourth-order valence-electron chi connectivity index (χ4n) is 2.76. The number of amides is 2. The molecule has 0 spiro atoms. The highest BCUT2D eigenvalue weighted by atomic mass is 35.5. The summed E-state index contributed by atoms with van der Waals surface area (Å²) in [5.74, 6) is 0.123. The normalized spacial score (nSPS) is 10.8. The smallest absolute Gasteiger partial charge is 0.257 e. The first kappa shape index (κ1) is 23.1. The molecule has 0 radical (unpaired) electrons. The van der Waals surface area contributed by atoms with Gasteiger partial charge in [-0.15, -0.1) is 0 Å². The van der Waals surface area contributed by atoms with Crippen molar-refractivity contribution in [3.8, 4) is 11.5 Å². The fourth-order valence-corrected chi connectivity index (χ4v) is 3.51. The van der Waals surface area contributed by atoms with Crippen molar-refractivity contribution >= 4 is 50.5 Å². The highest BCUT2D eigenvalue weighted by molar-refractivity contribution is 7.92. The van der Waals surface area contributed by atoms with Gasteiger partial charge in [0.1, 0.15) is 11.5 Å². The van der Waals surface area contributed by atoms with Crippen LogP contribution in [0.1, 0.15) is 17.3 Å². The van der Waals surface area contributed by atoms with Crippen LogP contribution >= 0.6 is 11.6 Å². The summed E-state index contributed by atoms with van der Waals surface area (Å²) in [5, 5.41) is 5.73. The number of nitrogens with one attached hydrogen (secondary N) is 3. The van der Waals surface area contributed by atoms with Crippen LogP contribution in [0.5, 0.6) is 11.5 Å². The Hall–Kier alpha value is -3.56. The maximum Gasteiger partial charge on any atom is 0.257 e. The number of benzene rings is 3. The number of anilines is 3. The van der Waals surface area contributed by atoms with Gasteiger partial charge in [0, 0.05) is 18.3 Å². The molecule has 0 aliphatic carbocycles. The van der Waals surface area contributed by atoms with Crippen LogP contribution in [0.3, 0.4) is 0 Å². The van der Waals surface area contributed by atoms with Crippen molar-refractivity contribution in [2.45, 2.75) is 6.92 Å². The second kappa shape index (κ2) is 9.71. The number of hydrogen-bond acceptors (Lipinski definition) is 5. The summed E-state index contributed by atoms with van der Waals surface area (Å²) in [4.78, 5) is 24.2. The third kappa shape index (κ3) is 6.47. The van der Waals surface area contributed by atoms with Gasteiger partial charge in [0.2, 0.25) is 15.9 Å². The summed E-state index contributed by atoms with van der Waals surface area (Å²) in [6.45, 7) is 1.33. The van der Waals surface area contributed by atoms with Gasteiger partial charge >= 0.3 is 0 Å². The van der Waals surface area contributed by atoms with E-state index in [0.717, 1.165) is 6.26 Å². The number of halogens is 1. The molecule has 3 aromatic carbocycles. The van der Waals surface area contributed by atoms with Gasteiger partial charge < -0.3 is 15.4 Å². The molecule has 3 rings (SSSR count). The third-order valence-corrected chi connectivity index (χ3v) is 4.96. The minimum atomic E-state index is -3.63. The van der Waals surface area contributed by atoms with Crippen LogP contribution < -0.4 is 20.1 Å². The molecule has 0 unspecified atom stereocenters. The number of hydrogen-bond donors (Lipinski definition) is 3. The maximum atomic E-state index is 12.9. The lowest BCUT2D eigenvalue weighted by Gasteiger charge is -2.14. The number of para-hydroxylation sites is 1. The standard InChI is InChI=1S/C22H20ClN3O5S/c1-14(27)24-16-9-12-20(26-32(2,29)30)18(13-16)22(28)25-15-7-10-17(11-8-15)31-21-6-4-3-5-19(21)23/h3-13,26H,1-2H3,(H,24,27)(H,25,28). The van der Waals surface area contributed by atoms with Gasteiger partial charge in [-0.1, -0.05) is 23.7 Å². The molecule has 0 heterocycles. The van der Waals surface area contributed by atoms with E-state index >= 15 is 0 Å². The van der Waals surface area contributed by atoms with E-state index in [2.05, 4.69) is 15.4 Å². The Morgan fingerprint density at radius 1 is 0.906 bits per heavy atom. The Morgan fingerprint density at radius 3 is 2.19 bits per heavy atom. The van der Waals surface area contributed by atoms with Crippen molar-refractivity contribution < 1.29 is 22.7 Å². The summed E-state index contributed by atoms with van der Waals surface area (Å²) in [6.07, 6.45) is 0.980. The van der Waals surface area contributed by atoms with Crippen molar-refractivity contribution in [1.29, 1.82) is 0 Å². The molecule has 0 bridgehead atoms. The van der Waals surface area contributed by atoms with E-state index in [-0.39, 0.29) is 17.2 Å². The van der Waals surface area contributed by atoms with E-state index in [0.29, 0.717) is 27.9 Å². The molecule has 0 aromatic heterocycles. The largest absolute Gasteiger partial charge is 0.456 e. The van der Waals surface area contributed by atoms with E-state index < -0.39 is 15.9 Å². The van der Waals surface area contributed by atoms with Crippen LogP contribution in [0.25, 0.3) is 0 Å². The van der Waals surface area contributed by atoms with Gasteiger partial charge in [-0.2, -0.15) is 0 Å². The summed E-state index contributed by atoms with van der Waals surface area (Å²) in [6, 6.07) is 17.9. The van der Waals surface area contributed by atoms with Crippen LogP contribution in [-0.4, -0.2) is 26.5 Å². The number of sulfonamides is 1. The minimum absolute atomic E-state index is 0.0399. The number of ether oxygens (including phenoxy) is 1. The first-order valence-corrected chi connectivity index (χ1v) is 11.6. The molecule has 32 heavy (non-hydrogen) atoms. The van der Waals surface area contributed by atoms with Gasteiger partial charge in [-0.3, -0.25) is 14.3 Å². The monoisotopic (exact) mass is 473 g/mol. The zero-order valence-corrected chi connectivity index (χ0v) is 18.8. The zero-order chi connectivity index (χ0) is 23.3. The summed E-state index contributed by atoms with van der Waals surface area (Å²) >= 11 is 6.09. The molecular weight excluding hydrogens is 454 g/mol. The Balaban J connectivity index is 1.80. The molecule has 0 aliphatic rings. The van der Waals surface area contributed by atoms with Crippen molar-refractivity contribution in [2.24, 2.45) is 0 Å². The maximum absolute atomic E-state index is 12.9. The lowest BCUT2D eigenvalue weighted by molar-refractivity contribution is -0.114. The SMILES string of the molecule is CC(=O)Nc1ccc(NS(C)(=O)=O)c(C(=O)Nc2ccc(Oc3ccccc3Cl)cc2)c1. The predicted molar refractivity (Wildman–Crippen MR) is 125 cm³/mol. The van der Waals surface area contributed by atoms with Gasteiger partial charge in [0.05, 0.1) is 22.5 Å². The Labute approximate surface area is 190 Å². The highest BCUT2D eigenvalue weighted by Crippen LogP contribution is 2.30. The second-order valence-electron chi connectivity index (χ2n) is 6.83. The number of carbonyl (C=O) groups excluding carboxylic acids is 2. The van der Waals surface area contributed by atoms with Crippen LogP contribution in [0, 0.1) is 0 Å². The van der Waals surface area contributed by atoms with Gasteiger partial charge in [-0.05, 0) is 54.6 Å². The molecule has 0 aliphatic heterocycles. The second-order valence-corrected chi connectivity index (χ2v) is 8.98. The minimum Gasteiger partial charge on any atom is -0.456 e. The molecule has 8 nitrogen and oxygen atoms in total. The summed E-state index contributed by atoms with van der Waals surface area (Å²) in [7, 11) is -3.63. The fraction of sp³-hybridized carbons (Fsp3) is 0.0909. The van der Waals surface area contributed by atoms with E-state index in [1.165, 1.54) is 25.1 Å². The van der Waals surface area contributed by atoms with Crippen molar-refractivity contribution in [3.63, 3.8) is 0 Å². The first-order chi connectivity index (χ1) is 15.1. The Morgan fingerprint density at radius 2 is 1.56 bits per heavy atom. The van der Waals surface area contributed by atoms with Gasteiger partial charge in [0.15, 0.2) is 0 Å². The molecule has 0 atom stereocenters. The van der Waals surface area contributed by atoms with Crippen molar-refractivity contribution in [1.82, 2.24) is 0 Å². The van der Waals surface area contributed by atoms with E-state index in [1.807, 2.05) is 0 Å². The first-order valence-electron chi connectivity index (χ1n) is 9.34. The summed E-state index contributed by atoms with van der Waals surface area (Å²) in [5.41, 5.74) is 0.928. The molecule has 166 valence electrons. The Kier molecular flexibility index (Phi) is 7.01. The van der Waals surface area contributed by atoms with Crippen molar-refractivity contribution in [2.75, 3.05) is 21.6 Å². The lowest BCUT2D eigenvalue weighted by atomic mass is 10.1. The van der Waals surface area contributed by atoms with E-state index in [4.69, 9.17) is 16.3 Å². The van der Waals surface area contributed by atoms with Crippen LogP contribution in [0.15, 0.2) is 66.7 Å². The zero-order valence-electron chi connectivity index (χ0n) is 17.2. The molecular formula is C22H20ClN3O5S. The molecule has 3 N–H and O–H groups in total. The summed E-state index contributed by atoms with van der Waals surface area (Å²) < 4.78 is 31.4. The van der Waals surface area contributed by atoms with Crippen molar-refractivity contribution in [3.05, 3.63) is 77.3 Å². The number of carbonyl (C=O) groups is 2. The predicted octanol–water partition coefficient (Wildman–Crippen LogP) is 4.71. The van der Waals surface area contributed by atoms with Crippen LogP contribution in [0.4, 0.5) is 17.1 Å². The average Bonchev–Trinajstić information content (AvgIpc) is 2.71. The van der Waals surface area contributed by atoms with Gasteiger partial charge in [-0.25, -0.2) is 8.42 Å². The molecule has 10 heteroatoms. The third-order valence-electron chi connectivity index (χ3n) is 4.06. The highest BCUT2D eigenvalue weighted by Gasteiger charge is 2.16. The number of rotatable bonds is 7. The molecule has 0 saturated heterocycles. The van der Waals surface area contributed by atoms with Crippen LogP contribution in [-0.2, 0) is 14.8 Å². The van der Waals surface area contributed by atoms with E-state index in [1.54, 1.807) is 48.5 Å². The van der Waals surface area contributed by atoms with E-state index in [9.17, 15) is 18.0 Å². The molecule has 3 aromatic rings. The van der Waals surface area contributed by atoms with Crippen LogP contribution in [0.2, 0.25) is 5.02 Å². The lowest BCUT2D eigenvalue weighted by Crippen LogP contribution is -2.18. The topological polar surface area (TPSA) is 114 Å². The molecule has 0 saturated carbocycles. The molecule has 0 fully saturated rings. The molecule has 2 amide bonds. The average molecular weight is 474 g/mol. The van der Waals surface area contributed by atoms with Gasteiger partial charge in [0.25, 0.3) is 5.91 Å². The quantitative estimate of drug-likeness (QED) is 0.459. The Bertz CT molecular complexity index is 1260.